The Labute approximate surface area is 97.3 Å². The van der Waals surface area contributed by atoms with Crippen LogP contribution in [-0.2, 0) is 10.5 Å². The van der Waals surface area contributed by atoms with E-state index in [4.69, 9.17) is 16.1 Å². The van der Waals surface area contributed by atoms with Gasteiger partial charge in [0.1, 0.15) is 17.8 Å². The van der Waals surface area contributed by atoms with E-state index in [1.807, 2.05) is 6.07 Å². The molecule has 1 rings (SSSR count). The SMILES string of the molecule is N#Cc1cc(CSC[C@H](N)C(=O)O)ccn1. The van der Waals surface area contributed by atoms with Gasteiger partial charge in [0.25, 0.3) is 0 Å². The number of rotatable bonds is 5. The molecule has 5 nitrogen and oxygen atoms in total. The Morgan fingerprint density at radius 2 is 2.50 bits per heavy atom. The Kier molecular flexibility index (Phi) is 4.76. The van der Waals surface area contributed by atoms with Crippen molar-refractivity contribution in [3.05, 3.63) is 29.6 Å². The van der Waals surface area contributed by atoms with Gasteiger partial charge >= 0.3 is 5.97 Å². The van der Waals surface area contributed by atoms with Gasteiger partial charge in [-0.1, -0.05) is 0 Å². The summed E-state index contributed by atoms with van der Waals surface area (Å²) in [5, 5.41) is 17.2. The highest BCUT2D eigenvalue weighted by Gasteiger charge is 2.10. The van der Waals surface area contributed by atoms with Crippen LogP contribution in [-0.4, -0.2) is 27.9 Å². The Hall–Kier alpha value is -1.58. The summed E-state index contributed by atoms with van der Waals surface area (Å²) in [5.41, 5.74) is 6.65. The quantitative estimate of drug-likeness (QED) is 0.777. The van der Waals surface area contributed by atoms with Gasteiger partial charge in [-0.05, 0) is 17.7 Å². The monoisotopic (exact) mass is 237 g/mol. The van der Waals surface area contributed by atoms with Crippen molar-refractivity contribution < 1.29 is 9.90 Å². The lowest BCUT2D eigenvalue weighted by atomic mass is 10.2. The molecule has 0 radical (unpaired) electrons. The average molecular weight is 237 g/mol. The lowest BCUT2D eigenvalue weighted by Crippen LogP contribution is -2.32. The van der Waals surface area contributed by atoms with Gasteiger partial charge in [-0.15, -0.1) is 0 Å². The first-order valence-electron chi connectivity index (χ1n) is 4.54. The molecule has 0 aliphatic rings. The van der Waals surface area contributed by atoms with Crippen LogP contribution in [0.2, 0.25) is 0 Å². The molecule has 0 aliphatic heterocycles. The van der Waals surface area contributed by atoms with Gasteiger partial charge in [-0.2, -0.15) is 17.0 Å². The number of aliphatic carboxylic acids is 1. The first-order chi connectivity index (χ1) is 7.63. The van der Waals surface area contributed by atoms with Gasteiger partial charge in [0.05, 0.1) is 0 Å². The number of pyridine rings is 1. The minimum atomic E-state index is -1.00. The fourth-order valence-corrected chi connectivity index (χ4v) is 1.93. The minimum Gasteiger partial charge on any atom is -0.480 e. The highest BCUT2D eigenvalue weighted by Crippen LogP contribution is 2.12. The van der Waals surface area contributed by atoms with Crippen LogP contribution in [0.3, 0.4) is 0 Å². The van der Waals surface area contributed by atoms with E-state index in [9.17, 15) is 4.79 Å². The Morgan fingerprint density at radius 1 is 1.75 bits per heavy atom. The van der Waals surface area contributed by atoms with Crippen LogP contribution in [0.4, 0.5) is 0 Å². The summed E-state index contributed by atoms with van der Waals surface area (Å²) in [4.78, 5) is 14.3. The summed E-state index contributed by atoms with van der Waals surface area (Å²) in [7, 11) is 0. The zero-order valence-electron chi connectivity index (χ0n) is 8.46. The molecular formula is C10H11N3O2S. The molecule has 0 bridgehead atoms. The predicted molar refractivity (Wildman–Crippen MR) is 60.7 cm³/mol. The first-order valence-corrected chi connectivity index (χ1v) is 5.70. The van der Waals surface area contributed by atoms with Crippen LogP contribution in [0.25, 0.3) is 0 Å². The average Bonchev–Trinajstić information content (AvgIpc) is 2.29. The van der Waals surface area contributed by atoms with Crippen LogP contribution in [0, 0.1) is 11.3 Å². The van der Waals surface area contributed by atoms with E-state index in [0.29, 0.717) is 17.2 Å². The maximum absolute atomic E-state index is 10.5. The number of hydrogen-bond donors (Lipinski definition) is 2. The third-order valence-electron chi connectivity index (χ3n) is 1.82. The van der Waals surface area contributed by atoms with Crippen LogP contribution < -0.4 is 5.73 Å². The Bertz CT molecular complexity index is 417. The van der Waals surface area contributed by atoms with Crippen LogP contribution in [0.1, 0.15) is 11.3 Å². The third-order valence-corrected chi connectivity index (χ3v) is 2.95. The third kappa shape index (κ3) is 3.88. The number of carbonyl (C=O) groups is 1. The molecule has 0 aliphatic carbocycles. The highest BCUT2D eigenvalue weighted by molar-refractivity contribution is 7.98. The van der Waals surface area contributed by atoms with E-state index in [0.717, 1.165) is 5.56 Å². The summed E-state index contributed by atoms with van der Waals surface area (Å²) in [6.45, 7) is 0. The van der Waals surface area contributed by atoms with E-state index in [2.05, 4.69) is 4.98 Å². The lowest BCUT2D eigenvalue weighted by molar-refractivity contribution is -0.137. The van der Waals surface area contributed by atoms with E-state index < -0.39 is 12.0 Å². The number of carboxylic acid groups (broad SMARTS) is 1. The van der Waals surface area contributed by atoms with Crippen molar-refractivity contribution in [2.24, 2.45) is 5.73 Å². The number of nitrogens with zero attached hydrogens (tertiary/aromatic N) is 2. The molecule has 0 fully saturated rings. The highest BCUT2D eigenvalue weighted by atomic mass is 32.2. The number of nitrogens with two attached hydrogens (primary N) is 1. The van der Waals surface area contributed by atoms with Gasteiger partial charge in [-0.25, -0.2) is 4.98 Å². The van der Waals surface area contributed by atoms with Gasteiger partial charge in [-0.3, -0.25) is 4.79 Å². The van der Waals surface area contributed by atoms with Crippen LogP contribution in [0.15, 0.2) is 18.3 Å². The zero-order chi connectivity index (χ0) is 12.0. The van der Waals surface area contributed by atoms with Crippen molar-refractivity contribution >= 4 is 17.7 Å². The summed E-state index contributed by atoms with van der Waals surface area (Å²) in [6, 6.07) is 4.57. The number of hydrogen-bond acceptors (Lipinski definition) is 5. The molecular weight excluding hydrogens is 226 g/mol. The van der Waals surface area contributed by atoms with Crippen LogP contribution >= 0.6 is 11.8 Å². The first kappa shape index (κ1) is 12.5. The van der Waals surface area contributed by atoms with Gasteiger partial charge in [0.2, 0.25) is 0 Å². The molecule has 0 amide bonds. The van der Waals surface area contributed by atoms with E-state index in [1.54, 1.807) is 18.3 Å². The summed E-state index contributed by atoms with van der Waals surface area (Å²) in [6.07, 6.45) is 1.56. The Balaban J connectivity index is 2.43. The molecule has 0 saturated carbocycles. The molecule has 0 spiro atoms. The normalized spacial score (nSPS) is 11.8. The smallest absolute Gasteiger partial charge is 0.321 e. The molecule has 3 N–H and O–H groups in total. The molecule has 0 aromatic carbocycles. The van der Waals surface area contributed by atoms with Gasteiger partial charge in [0.15, 0.2) is 0 Å². The zero-order valence-corrected chi connectivity index (χ0v) is 9.28. The summed E-state index contributed by atoms with van der Waals surface area (Å²) >= 11 is 1.42. The van der Waals surface area contributed by atoms with Crippen molar-refractivity contribution in [3.63, 3.8) is 0 Å². The van der Waals surface area contributed by atoms with E-state index in [-0.39, 0.29) is 0 Å². The number of nitriles is 1. The lowest BCUT2D eigenvalue weighted by Gasteiger charge is -2.05. The maximum Gasteiger partial charge on any atom is 0.321 e. The van der Waals surface area contributed by atoms with Gasteiger partial charge in [0, 0.05) is 17.7 Å². The second kappa shape index (κ2) is 6.10. The molecule has 0 saturated heterocycles. The van der Waals surface area contributed by atoms with E-state index >= 15 is 0 Å². The number of carboxylic acids is 1. The van der Waals surface area contributed by atoms with Crippen molar-refractivity contribution in [3.8, 4) is 6.07 Å². The predicted octanol–water partition coefficient (Wildman–Crippen LogP) is 0.598. The van der Waals surface area contributed by atoms with Crippen molar-refractivity contribution in [1.82, 2.24) is 4.98 Å². The second-order valence-corrected chi connectivity index (χ2v) is 4.15. The number of aromatic nitrogens is 1. The molecule has 0 unspecified atom stereocenters. The molecule has 1 aromatic heterocycles. The molecule has 16 heavy (non-hydrogen) atoms. The van der Waals surface area contributed by atoms with Crippen molar-refractivity contribution in [2.45, 2.75) is 11.8 Å². The molecule has 84 valence electrons. The second-order valence-electron chi connectivity index (χ2n) is 3.12. The topological polar surface area (TPSA) is 100 Å². The van der Waals surface area contributed by atoms with E-state index in [1.165, 1.54) is 11.8 Å². The fraction of sp³-hybridized carbons (Fsp3) is 0.300. The minimum absolute atomic E-state index is 0.347. The molecule has 1 atom stereocenters. The Morgan fingerprint density at radius 3 is 3.12 bits per heavy atom. The van der Waals surface area contributed by atoms with Crippen molar-refractivity contribution in [1.29, 1.82) is 5.26 Å². The summed E-state index contributed by atoms with van der Waals surface area (Å²) in [5.74, 6) is -0.0301. The maximum atomic E-state index is 10.5. The standard InChI is InChI=1S/C10H11N3O2S/c11-4-8-3-7(1-2-13-8)5-16-6-9(12)10(14)15/h1-3,9H,5-6,12H2,(H,14,15)/t9-/m0/s1. The largest absolute Gasteiger partial charge is 0.480 e. The fourth-order valence-electron chi connectivity index (χ4n) is 1.00. The van der Waals surface area contributed by atoms with Gasteiger partial charge < -0.3 is 10.8 Å². The van der Waals surface area contributed by atoms with Crippen LogP contribution in [0.5, 0.6) is 0 Å². The summed E-state index contributed by atoms with van der Waals surface area (Å²) < 4.78 is 0. The molecule has 6 heteroatoms. The van der Waals surface area contributed by atoms with Crippen molar-refractivity contribution in [2.75, 3.05) is 5.75 Å². The number of thioether (sulfide) groups is 1. The molecule has 1 aromatic rings. The molecule has 1 heterocycles.